The molecule has 0 aliphatic heterocycles. The Balaban J connectivity index is 3.47. The Morgan fingerprint density at radius 3 is 2.09 bits per heavy atom. The van der Waals surface area contributed by atoms with Crippen molar-refractivity contribution in [3.63, 3.8) is 0 Å². The molecule has 0 bridgehead atoms. The van der Waals surface area contributed by atoms with Crippen molar-refractivity contribution < 1.29 is 24.2 Å². The summed E-state index contributed by atoms with van der Waals surface area (Å²) in [4.78, 5) is 43.3. The summed E-state index contributed by atoms with van der Waals surface area (Å²) < 4.78 is 0. The average molecular weight is 359 g/mol. The first kappa shape index (κ1) is 19.2. The first-order valence-corrected chi connectivity index (χ1v) is 7.54. The van der Waals surface area contributed by atoms with Gasteiger partial charge in [0.25, 0.3) is 0 Å². The fourth-order valence-corrected chi connectivity index (χ4v) is 2.33. The van der Waals surface area contributed by atoms with Crippen LogP contribution in [0.4, 0.5) is 0 Å². The Bertz CT molecular complexity index is 676. The Morgan fingerprint density at radius 2 is 1.65 bits per heavy atom. The van der Waals surface area contributed by atoms with Crippen molar-refractivity contribution in [1.29, 1.82) is 0 Å². The lowest BCUT2D eigenvalue weighted by Gasteiger charge is -2.13. The first-order valence-electron chi connectivity index (χ1n) is 6.78. The summed E-state index contributed by atoms with van der Waals surface area (Å²) in [5.74, 6) is -1.30. The van der Waals surface area contributed by atoms with Crippen LogP contribution in [0.5, 0.6) is 5.75 Å². The zero-order chi connectivity index (χ0) is 17.7. The Hall–Kier alpha value is -1.85. The lowest BCUT2D eigenvalue weighted by Crippen LogP contribution is -2.07. The number of benzene rings is 1. The molecule has 0 saturated heterocycles. The summed E-state index contributed by atoms with van der Waals surface area (Å²) in [6.45, 7) is 5.63. The molecule has 0 unspecified atom stereocenters. The molecule has 0 saturated carbocycles. The molecular formula is C16H16Cl2O5. The van der Waals surface area contributed by atoms with Crippen LogP contribution >= 0.6 is 23.2 Å². The smallest absolute Gasteiger partial charge is 0.294 e. The van der Waals surface area contributed by atoms with Crippen molar-refractivity contribution in [2.24, 2.45) is 0 Å². The van der Waals surface area contributed by atoms with Crippen molar-refractivity contribution in [1.82, 2.24) is 0 Å². The van der Waals surface area contributed by atoms with Gasteiger partial charge >= 0.3 is 5.97 Å². The van der Waals surface area contributed by atoms with Crippen LogP contribution in [0.1, 0.15) is 38.8 Å². The van der Waals surface area contributed by atoms with Gasteiger partial charge in [0.2, 0.25) is 0 Å². The van der Waals surface area contributed by atoms with Crippen molar-refractivity contribution >= 4 is 46.8 Å². The van der Waals surface area contributed by atoms with E-state index >= 15 is 0 Å². The van der Waals surface area contributed by atoms with E-state index in [1.807, 2.05) is 6.92 Å². The number of aryl methyl sites for hydroxylation is 1. The molecule has 0 N–H and O–H groups in total. The van der Waals surface area contributed by atoms with Gasteiger partial charge in [-0.05, 0) is 43.5 Å². The molecular weight excluding hydrogens is 343 g/mol. The van der Waals surface area contributed by atoms with Gasteiger partial charge in [-0.15, -0.1) is 0 Å². The van der Waals surface area contributed by atoms with Gasteiger partial charge in [-0.2, -0.15) is 0 Å². The molecule has 5 nitrogen and oxygen atoms in total. The van der Waals surface area contributed by atoms with Crippen molar-refractivity contribution in [2.45, 2.75) is 34.1 Å². The lowest BCUT2D eigenvalue weighted by molar-refractivity contribution is -0.210. The quantitative estimate of drug-likeness (QED) is 0.253. The van der Waals surface area contributed by atoms with Crippen molar-refractivity contribution in [3.8, 4) is 5.75 Å². The molecule has 0 heterocycles. The van der Waals surface area contributed by atoms with Crippen LogP contribution in [-0.4, -0.2) is 17.5 Å². The van der Waals surface area contributed by atoms with Crippen molar-refractivity contribution in [3.05, 3.63) is 32.8 Å². The topological polar surface area (TPSA) is 69.7 Å². The van der Waals surface area contributed by atoms with E-state index in [0.29, 0.717) is 17.5 Å². The van der Waals surface area contributed by atoms with Gasteiger partial charge < -0.3 is 0 Å². The molecule has 0 aliphatic rings. The number of hydrogen-bond acceptors (Lipinski definition) is 5. The fourth-order valence-electron chi connectivity index (χ4n) is 1.87. The van der Waals surface area contributed by atoms with Crippen LogP contribution in [0.3, 0.4) is 0 Å². The lowest BCUT2D eigenvalue weighted by atomic mass is 9.99. The van der Waals surface area contributed by atoms with Crippen LogP contribution < -0.4 is 4.89 Å². The molecule has 0 radical (unpaired) electrons. The van der Waals surface area contributed by atoms with E-state index < -0.39 is 5.97 Å². The van der Waals surface area contributed by atoms with E-state index in [1.165, 1.54) is 26.8 Å². The first-order chi connectivity index (χ1) is 10.7. The minimum absolute atomic E-state index is 0.0165. The van der Waals surface area contributed by atoms with Crippen LogP contribution in [-0.2, 0) is 25.7 Å². The van der Waals surface area contributed by atoms with Gasteiger partial charge in [0, 0.05) is 6.92 Å². The van der Waals surface area contributed by atoms with E-state index in [1.54, 1.807) is 6.07 Å². The number of carbonyl (C=O) groups is 3. The predicted molar refractivity (Wildman–Crippen MR) is 87.6 cm³/mol. The van der Waals surface area contributed by atoms with Crippen LogP contribution in [0, 0.1) is 0 Å². The third-order valence-electron chi connectivity index (χ3n) is 2.97. The number of halogens is 2. The summed E-state index contributed by atoms with van der Waals surface area (Å²) in [5, 5.41) is 0.121. The monoisotopic (exact) mass is 358 g/mol. The standard InChI is InChI=1S/C16H16Cl2O5/c1-5-11-6-14(23-22-10(4)21)16(18)15(17)13(11)7-12(8(2)19)9(3)20/h6-7H,5H2,1-4H3. The van der Waals surface area contributed by atoms with Gasteiger partial charge in [0.15, 0.2) is 17.3 Å². The van der Waals surface area contributed by atoms with E-state index in [4.69, 9.17) is 28.1 Å². The van der Waals surface area contributed by atoms with Gasteiger partial charge in [0.05, 0.1) is 10.6 Å². The van der Waals surface area contributed by atoms with Gasteiger partial charge in [-0.25, -0.2) is 4.79 Å². The number of rotatable bonds is 6. The Kier molecular flexibility index (Phi) is 6.79. The molecule has 0 aromatic heterocycles. The highest BCUT2D eigenvalue weighted by atomic mass is 35.5. The molecule has 0 spiro atoms. The molecule has 124 valence electrons. The van der Waals surface area contributed by atoms with Crippen molar-refractivity contribution in [2.75, 3.05) is 0 Å². The number of carbonyl (C=O) groups excluding carboxylic acids is 3. The van der Waals surface area contributed by atoms with Gasteiger partial charge in [-0.1, -0.05) is 30.1 Å². The summed E-state index contributed by atoms with van der Waals surface area (Å²) >= 11 is 12.3. The van der Waals surface area contributed by atoms with E-state index in [2.05, 4.69) is 4.89 Å². The summed E-state index contributed by atoms with van der Waals surface area (Å²) in [7, 11) is 0. The van der Waals surface area contributed by atoms with Gasteiger partial charge in [-0.3, -0.25) is 19.4 Å². The maximum atomic E-state index is 11.6. The largest absolute Gasteiger partial charge is 0.352 e. The van der Waals surface area contributed by atoms with Gasteiger partial charge in [0.1, 0.15) is 5.02 Å². The number of ketones is 2. The van der Waals surface area contributed by atoms with Crippen LogP contribution in [0.15, 0.2) is 11.6 Å². The zero-order valence-electron chi connectivity index (χ0n) is 13.2. The van der Waals surface area contributed by atoms with Crippen LogP contribution in [0.25, 0.3) is 6.08 Å². The minimum Gasteiger partial charge on any atom is -0.294 e. The van der Waals surface area contributed by atoms with Crippen LogP contribution in [0.2, 0.25) is 10.0 Å². The zero-order valence-corrected chi connectivity index (χ0v) is 14.7. The normalized spacial score (nSPS) is 10.0. The second-order valence-electron chi connectivity index (χ2n) is 4.76. The average Bonchev–Trinajstić information content (AvgIpc) is 2.46. The third-order valence-corrected chi connectivity index (χ3v) is 3.84. The molecule has 1 aromatic carbocycles. The molecule has 0 aliphatic carbocycles. The molecule has 7 heteroatoms. The molecule has 0 atom stereocenters. The number of Topliss-reactive ketones (excluding diaryl/α,β-unsaturated/α-hetero) is 2. The SMILES string of the molecule is CCc1cc(OOC(C)=O)c(Cl)c(Cl)c1C=C(C(C)=O)C(C)=O. The second-order valence-corrected chi connectivity index (χ2v) is 5.51. The maximum Gasteiger partial charge on any atom is 0.352 e. The third kappa shape index (κ3) is 4.81. The summed E-state index contributed by atoms with van der Waals surface area (Å²) in [5.41, 5.74) is 1.16. The van der Waals surface area contributed by atoms with E-state index in [0.717, 1.165) is 0 Å². The fraction of sp³-hybridized carbons (Fsp3) is 0.312. The highest BCUT2D eigenvalue weighted by Crippen LogP contribution is 2.38. The Labute approximate surface area is 144 Å². The highest BCUT2D eigenvalue weighted by Gasteiger charge is 2.18. The maximum absolute atomic E-state index is 11.6. The van der Waals surface area contributed by atoms with E-state index in [9.17, 15) is 14.4 Å². The summed E-state index contributed by atoms with van der Waals surface area (Å²) in [6, 6.07) is 1.54. The Morgan fingerprint density at radius 1 is 1.09 bits per heavy atom. The summed E-state index contributed by atoms with van der Waals surface area (Å²) in [6.07, 6.45) is 1.94. The second kappa shape index (κ2) is 8.13. The highest BCUT2D eigenvalue weighted by molar-refractivity contribution is 6.44. The number of allylic oxidation sites excluding steroid dienone is 1. The molecule has 23 heavy (non-hydrogen) atoms. The molecule has 0 amide bonds. The number of hydrogen-bond donors (Lipinski definition) is 0. The molecule has 1 aromatic rings. The van der Waals surface area contributed by atoms with E-state index in [-0.39, 0.29) is 32.9 Å². The minimum atomic E-state index is -0.644. The molecule has 0 fully saturated rings. The predicted octanol–water partition coefficient (Wildman–Crippen LogP) is 3.97. The molecule has 1 rings (SSSR count).